The summed E-state index contributed by atoms with van der Waals surface area (Å²) >= 11 is 0. The first kappa shape index (κ1) is 7.77. The Kier molecular flexibility index (Phi) is 2.24. The van der Waals surface area contributed by atoms with E-state index < -0.39 is 5.82 Å². The van der Waals surface area contributed by atoms with Gasteiger partial charge in [0.1, 0.15) is 11.9 Å². The van der Waals surface area contributed by atoms with Gasteiger partial charge in [0.2, 0.25) is 0 Å². The molecule has 0 saturated heterocycles. The molecule has 0 amide bonds. The van der Waals surface area contributed by atoms with E-state index in [0.717, 1.165) is 6.07 Å². The van der Waals surface area contributed by atoms with Crippen molar-refractivity contribution in [3.05, 3.63) is 29.6 Å². The van der Waals surface area contributed by atoms with Crippen LogP contribution in [0.2, 0.25) is 0 Å². The fraction of sp³-hybridized carbons (Fsp3) is 0. The van der Waals surface area contributed by atoms with Crippen LogP contribution in [-0.2, 0) is 0 Å². The maximum Gasteiger partial charge on any atom is 0.304 e. The third kappa shape index (κ3) is 1.57. The van der Waals surface area contributed by atoms with Crippen molar-refractivity contribution in [3.8, 4) is 6.07 Å². The first-order valence-electron chi connectivity index (χ1n) is 3.07. The second kappa shape index (κ2) is 3.17. The average Bonchev–Trinajstić information content (AvgIpc) is 2.04. The highest BCUT2D eigenvalue weighted by Crippen LogP contribution is 2.01. The van der Waals surface area contributed by atoms with Gasteiger partial charge in [-0.2, -0.15) is 5.26 Å². The van der Waals surface area contributed by atoms with E-state index in [1.807, 2.05) is 0 Å². The summed E-state index contributed by atoms with van der Waals surface area (Å²) in [6.07, 6.45) is 0. The zero-order chi connectivity index (χ0) is 8.27. The van der Waals surface area contributed by atoms with E-state index in [0.29, 0.717) is 5.46 Å². The van der Waals surface area contributed by atoms with Crippen LogP contribution in [-0.4, -0.2) is 12.5 Å². The van der Waals surface area contributed by atoms with E-state index in [4.69, 9.17) is 10.3 Å². The summed E-state index contributed by atoms with van der Waals surface area (Å²) in [5, 5.41) is 16.9. The van der Waals surface area contributed by atoms with E-state index in [1.165, 1.54) is 12.1 Å². The summed E-state index contributed by atoms with van der Waals surface area (Å²) in [6.45, 7) is 0. The number of hydrogen-bond donors (Lipinski definition) is 1. The molecule has 0 atom stereocenters. The van der Waals surface area contributed by atoms with Gasteiger partial charge in [0.05, 0.1) is 5.56 Å². The largest absolute Gasteiger partial charge is 0.449 e. The van der Waals surface area contributed by atoms with Crippen molar-refractivity contribution in [2.24, 2.45) is 0 Å². The summed E-state index contributed by atoms with van der Waals surface area (Å²) in [7, 11) is -0.206. The second-order valence-electron chi connectivity index (χ2n) is 2.08. The second-order valence-corrected chi connectivity index (χ2v) is 2.08. The Bertz CT molecular complexity index is 308. The molecule has 1 rings (SSSR count). The Labute approximate surface area is 64.2 Å². The Morgan fingerprint density at radius 3 is 2.73 bits per heavy atom. The zero-order valence-corrected chi connectivity index (χ0v) is 5.71. The minimum atomic E-state index is -0.584. The molecule has 1 aromatic rings. The monoisotopic (exact) mass is 149 g/mol. The molecule has 0 bridgehead atoms. The van der Waals surface area contributed by atoms with Crippen LogP contribution in [0.15, 0.2) is 18.2 Å². The number of rotatable bonds is 1. The number of benzene rings is 1. The molecule has 1 N–H and O–H groups in total. The predicted octanol–water partition coefficient (Wildman–Crippen LogP) is -0.334. The van der Waals surface area contributed by atoms with Crippen LogP contribution in [0.1, 0.15) is 5.56 Å². The molecule has 0 heterocycles. The molecule has 0 fully saturated rings. The highest BCUT2D eigenvalue weighted by atomic mass is 19.1. The maximum absolute atomic E-state index is 12.7. The van der Waals surface area contributed by atoms with Crippen LogP contribution >= 0.6 is 0 Å². The summed E-state index contributed by atoms with van der Waals surface area (Å²) in [5.74, 6) is -0.584. The Hall–Kier alpha value is -1.34. The van der Waals surface area contributed by atoms with Crippen molar-refractivity contribution in [2.75, 3.05) is 0 Å². The first-order valence-corrected chi connectivity index (χ1v) is 3.07. The van der Waals surface area contributed by atoms with Gasteiger partial charge in [-0.15, -0.1) is 0 Å². The van der Waals surface area contributed by atoms with E-state index in [2.05, 4.69) is 0 Å². The van der Waals surface area contributed by atoms with Crippen molar-refractivity contribution in [1.82, 2.24) is 0 Å². The number of halogens is 1. The lowest BCUT2D eigenvalue weighted by atomic mass is 9.88. The summed E-state index contributed by atoms with van der Waals surface area (Å²) in [6, 6.07) is 5.70. The fourth-order valence-electron chi connectivity index (χ4n) is 0.748. The Balaban J connectivity index is 3.12. The van der Waals surface area contributed by atoms with Crippen LogP contribution < -0.4 is 5.46 Å². The molecule has 0 aliphatic rings. The molecule has 0 aromatic heterocycles. The molecule has 11 heavy (non-hydrogen) atoms. The molecular formula is C7H5BFNO. The molecule has 0 aliphatic heterocycles. The molecule has 0 unspecified atom stereocenters. The number of nitrogens with zero attached hydrogens (tertiary/aromatic N) is 1. The quantitative estimate of drug-likeness (QED) is 0.555. The Morgan fingerprint density at radius 1 is 1.55 bits per heavy atom. The van der Waals surface area contributed by atoms with E-state index in [9.17, 15) is 4.39 Å². The van der Waals surface area contributed by atoms with E-state index >= 15 is 0 Å². The standard InChI is InChI=1S/C7H5BFNO/c9-7-3-6(8-11)2-1-5(7)4-10/h1-3,8,11H. The summed E-state index contributed by atoms with van der Waals surface area (Å²) in [4.78, 5) is 0. The predicted molar refractivity (Wildman–Crippen MR) is 40.1 cm³/mol. The highest BCUT2D eigenvalue weighted by Gasteiger charge is 2.01. The van der Waals surface area contributed by atoms with Crippen molar-refractivity contribution in [1.29, 1.82) is 5.26 Å². The lowest BCUT2D eigenvalue weighted by Crippen LogP contribution is -2.13. The minimum Gasteiger partial charge on any atom is -0.449 e. The van der Waals surface area contributed by atoms with Gasteiger partial charge >= 0.3 is 7.48 Å². The van der Waals surface area contributed by atoms with Crippen LogP contribution in [0.25, 0.3) is 0 Å². The van der Waals surface area contributed by atoms with Gasteiger partial charge in [-0.25, -0.2) is 4.39 Å². The lowest BCUT2D eigenvalue weighted by Gasteiger charge is -1.94. The molecule has 0 saturated carbocycles. The lowest BCUT2D eigenvalue weighted by molar-refractivity contribution is 0.610. The maximum atomic E-state index is 12.7. The molecule has 0 radical (unpaired) electrons. The topological polar surface area (TPSA) is 44.0 Å². The summed E-state index contributed by atoms with van der Waals surface area (Å²) < 4.78 is 12.7. The smallest absolute Gasteiger partial charge is 0.304 e. The van der Waals surface area contributed by atoms with Crippen molar-refractivity contribution in [2.45, 2.75) is 0 Å². The van der Waals surface area contributed by atoms with E-state index in [-0.39, 0.29) is 13.0 Å². The number of hydrogen-bond acceptors (Lipinski definition) is 2. The highest BCUT2D eigenvalue weighted by molar-refractivity contribution is 6.45. The molecular weight excluding hydrogens is 144 g/mol. The van der Waals surface area contributed by atoms with Gasteiger partial charge in [-0.05, 0) is 17.6 Å². The van der Waals surface area contributed by atoms with Gasteiger partial charge in [0.25, 0.3) is 0 Å². The fourth-order valence-corrected chi connectivity index (χ4v) is 0.748. The molecule has 4 heteroatoms. The van der Waals surface area contributed by atoms with Crippen LogP contribution in [0, 0.1) is 17.1 Å². The van der Waals surface area contributed by atoms with Gasteiger partial charge in [-0.3, -0.25) is 0 Å². The first-order chi connectivity index (χ1) is 5.27. The van der Waals surface area contributed by atoms with Crippen molar-refractivity contribution >= 4 is 12.9 Å². The van der Waals surface area contributed by atoms with Gasteiger partial charge in [0, 0.05) is 0 Å². The summed E-state index contributed by atoms with van der Waals surface area (Å²) in [5.41, 5.74) is 0.476. The molecule has 0 spiro atoms. The molecule has 1 aromatic carbocycles. The van der Waals surface area contributed by atoms with Crippen LogP contribution in [0.5, 0.6) is 0 Å². The average molecular weight is 149 g/mol. The minimum absolute atomic E-state index is 0.00204. The third-order valence-electron chi connectivity index (χ3n) is 1.34. The molecule has 0 aliphatic carbocycles. The van der Waals surface area contributed by atoms with Crippen LogP contribution in [0.4, 0.5) is 4.39 Å². The van der Waals surface area contributed by atoms with Crippen LogP contribution in [0.3, 0.4) is 0 Å². The third-order valence-corrected chi connectivity index (χ3v) is 1.34. The van der Waals surface area contributed by atoms with Gasteiger partial charge in [0.15, 0.2) is 0 Å². The molecule has 2 nitrogen and oxygen atoms in total. The molecule has 54 valence electrons. The van der Waals surface area contributed by atoms with Gasteiger partial charge in [-0.1, -0.05) is 6.07 Å². The normalized spacial score (nSPS) is 8.82. The number of nitriles is 1. The van der Waals surface area contributed by atoms with E-state index in [1.54, 1.807) is 6.07 Å². The SMILES string of the molecule is N#Cc1ccc(BO)cc1F. The Morgan fingerprint density at radius 2 is 2.27 bits per heavy atom. The van der Waals surface area contributed by atoms with Crippen molar-refractivity contribution < 1.29 is 9.41 Å². The van der Waals surface area contributed by atoms with Gasteiger partial charge < -0.3 is 5.02 Å². The zero-order valence-electron chi connectivity index (χ0n) is 5.71. The van der Waals surface area contributed by atoms with Crippen molar-refractivity contribution in [3.63, 3.8) is 0 Å².